The molecule has 0 aliphatic carbocycles. The minimum atomic E-state index is -1.28. The van der Waals surface area contributed by atoms with Crippen LogP contribution in [0.5, 0.6) is 0 Å². The number of carbonyl (C=O) groups is 2. The van der Waals surface area contributed by atoms with Gasteiger partial charge in [0.15, 0.2) is 6.04 Å². The maximum atomic E-state index is 11.6. The standard InChI is InChI=1S/C13H25N3O4/c1-9(17)11(12(18)19)15-13(20)14-6-3-10-4-7-16(2)8-5-10/h9-11,17H,3-8H2,1-2H3,(H,18,19)(H2,14,15,20). The van der Waals surface area contributed by atoms with Crippen LogP contribution in [-0.2, 0) is 4.79 Å². The fourth-order valence-electron chi connectivity index (χ4n) is 2.32. The van der Waals surface area contributed by atoms with Crippen LogP contribution in [0.15, 0.2) is 0 Å². The lowest BCUT2D eigenvalue weighted by Gasteiger charge is -2.28. The van der Waals surface area contributed by atoms with E-state index in [0.717, 1.165) is 32.4 Å². The number of piperidine rings is 1. The SMILES string of the molecule is CC(O)C(NC(=O)NCCC1CCN(C)CC1)C(=O)O. The van der Waals surface area contributed by atoms with Crippen molar-refractivity contribution in [1.29, 1.82) is 0 Å². The number of rotatable bonds is 6. The number of carboxylic acid groups (broad SMARTS) is 1. The summed E-state index contributed by atoms with van der Waals surface area (Å²) in [5.41, 5.74) is 0. The minimum Gasteiger partial charge on any atom is -0.480 e. The van der Waals surface area contributed by atoms with Gasteiger partial charge in [-0.25, -0.2) is 9.59 Å². The van der Waals surface area contributed by atoms with Gasteiger partial charge in [0, 0.05) is 6.54 Å². The molecule has 2 atom stereocenters. The Kier molecular flexibility index (Phi) is 6.74. The summed E-state index contributed by atoms with van der Waals surface area (Å²) in [6.07, 6.45) is 2.02. The van der Waals surface area contributed by atoms with Crippen LogP contribution in [0.1, 0.15) is 26.2 Å². The summed E-state index contributed by atoms with van der Waals surface area (Å²) >= 11 is 0. The van der Waals surface area contributed by atoms with E-state index in [4.69, 9.17) is 5.11 Å². The Morgan fingerprint density at radius 1 is 1.35 bits per heavy atom. The molecular weight excluding hydrogens is 262 g/mol. The highest BCUT2D eigenvalue weighted by molar-refractivity contribution is 5.82. The fraction of sp³-hybridized carbons (Fsp3) is 0.846. The first-order valence-electron chi connectivity index (χ1n) is 7.04. The molecule has 0 saturated carbocycles. The van der Waals surface area contributed by atoms with Crippen molar-refractivity contribution >= 4 is 12.0 Å². The van der Waals surface area contributed by atoms with Crippen LogP contribution < -0.4 is 10.6 Å². The van der Waals surface area contributed by atoms with E-state index in [1.807, 2.05) is 0 Å². The zero-order valence-electron chi connectivity index (χ0n) is 12.1. The Labute approximate surface area is 119 Å². The number of amides is 2. The molecule has 20 heavy (non-hydrogen) atoms. The zero-order chi connectivity index (χ0) is 15.1. The molecule has 0 spiro atoms. The third-order valence-electron chi connectivity index (χ3n) is 3.71. The largest absolute Gasteiger partial charge is 0.480 e. The monoisotopic (exact) mass is 287 g/mol. The van der Waals surface area contributed by atoms with E-state index in [1.165, 1.54) is 6.92 Å². The second kappa shape index (κ2) is 8.06. The number of hydrogen-bond acceptors (Lipinski definition) is 4. The molecule has 7 nitrogen and oxygen atoms in total. The number of nitrogens with one attached hydrogen (secondary N) is 2. The van der Waals surface area contributed by atoms with Crippen LogP contribution in [0, 0.1) is 5.92 Å². The van der Waals surface area contributed by atoms with Crippen molar-refractivity contribution in [3.05, 3.63) is 0 Å². The molecule has 2 amide bonds. The first-order chi connectivity index (χ1) is 9.40. The molecule has 1 rings (SSSR count). The Morgan fingerprint density at radius 3 is 2.45 bits per heavy atom. The second-order valence-corrected chi connectivity index (χ2v) is 5.49. The Balaban J connectivity index is 2.21. The highest BCUT2D eigenvalue weighted by atomic mass is 16.4. The molecule has 4 N–H and O–H groups in total. The number of aliphatic hydroxyl groups is 1. The molecule has 116 valence electrons. The summed E-state index contributed by atoms with van der Waals surface area (Å²) in [6, 6.07) is -1.83. The number of aliphatic carboxylic acids is 1. The molecule has 2 unspecified atom stereocenters. The number of carbonyl (C=O) groups excluding carboxylic acids is 1. The van der Waals surface area contributed by atoms with Crippen molar-refractivity contribution < 1.29 is 19.8 Å². The Bertz CT molecular complexity index is 328. The molecule has 0 radical (unpaired) electrons. The van der Waals surface area contributed by atoms with Crippen molar-refractivity contribution in [2.45, 2.75) is 38.3 Å². The lowest BCUT2D eigenvalue weighted by atomic mass is 9.94. The zero-order valence-corrected chi connectivity index (χ0v) is 12.1. The van der Waals surface area contributed by atoms with Gasteiger partial charge in [-0.2, -0.15) is 0 Å². The highest BCUT2D eigenvalue weighted by Gasteiger charge is 2.25. The minimum absolute atomic E-state index is 0.520. The van der Waals surface area contributed by atoms with Crippen molar-refractivity contribution in [2.75, 3.05) is 26.7 Å². The molecule has 0 aromatic rings. The van der Waals surface area contributed by atoms with Crippen molar-refractivity contribution in [1.82, 2.24) is 15.5 Å². The van der Waals surface area contributed by atoms with Crippen LogP contribution in [-0.4, -0.2) is 65.9 Å². The number of urea groups is 1. The van der Waals surface area contributed by atoms with Crippen LogP contribution in [0.25, 0.3) is 0 Å². The lowest BCUT2D eigenvalue weighted by Crippen LogP contribution is -2.51. The molecule has 1 aliphatic heterocycles. The summed E-state index contributed by atoms with van der Waals surface area (Å²) in [7, 11) is 2.10. The predicted molar refractivity (Wildman–Crippen MR) is 74.5 cm³/mol. The van der Waals surface area contributed by atoms with E-state index in [2.05, 4.69) is 22.6 Å². The molecule has 1 heterocycles. The van der Waals surface area contributed by atoms with E-state index in [1.54, 1.807) is 0 Å². The first kappa shape index (κ1) is 16.7. The molecule has 1 aliphatic rings. The fourth-order valence-corrected chi connectivity index (χ4v) is 2.32. The number of aliphatic hydroxyl groups excluding tert-OH is 1. The number of carboxylic acids is 1. The number of likely N-dealkylation sites (tertiary alicyclic amines) is 1. The van der Waals surface area contributed by atoms with Gasteiger partial charge in [0.05, 0.1) is 6.10 Å². The van der Waals surface area contributed by atoms with Crippen molar-refractivity contribution in [3.8, 4) is 0 Å². The third kappa shape index (κ3) is 5.75. The van der Waals surface area contributed by atoms with Gasteiger partial charge >= 0.3 is 12.0 Å². The van der Waals surface area contributed by atoms with Crippen molar-refractivity contribution in [3.63, 3.8) is 0 Å². The number of nitrogens with zero attached hydrogens (tertiary/aromatic N) is 1. The van der Waals surface area contributed by atoms with Gasteiger partial charge in [0.2, 0.25) is 0 Å². The van der Waals surface area contributed by atoms with Gasteiger partial charge in [-0.3, -0.25) is 0 Å². The van der Waals surface area contributed by atoms with E-state index in [9.17, 15) is 14.7 Å². The van der Waals surface area contributed by atoms with E-state index >= 15 is 0 Å². The quantitative estimate of drug-likeness (QED) is 0.544. The van der Waals surface area contributed by atoms with Gasteiger partial charge in [-0.05, 0) is 52.2 Å². The first-order valence-corrected chi connectivity index (χ1v) is 7.04. The lowest BCUT2D eigenvalue weighted by molar-refractivity contribution is -0.141. The summed E-state index contributed by atoms with van der Waals surface area (Å²) in [5.74, 6) is -0.635. The third-order valence-corrected chi connectivity index (χ3v) is 3.71. The maximum Gasteiger partial charge on any atom is 0.328 e. The summed E-state index contributed by atoms with van der Waals surface area (Å²) in [6.45, 7) is 4.02. The van der Waals surface area contributed by atoms with E-state index < -0.39 is 24.1 Å². The van der Waals surface area contributed by atoms with Crippen LogP contribution in [0.4, 0.5) is 4.79 Å². The summed E-state index contributed by atoms with van der Waals surface area (Å²) in [4.78, 5) is 24.7. The topological polar surface area (TPSA) is 102 Å². The highest BCUT2D eigenvalue weighted by Crippen LogP contribution is 2.18. The van der Waals surface area contributed by atoms with Gasteiger partial charge in [-0.15, -0.1) is 0 Å². The normalized spacial score (nSPS) is 20.1. The van der Waals surface area contributed by atoms with Gasteiger partial charge in [-0.1, -0.05) is 0 Å². The summed E-state index contributed by atoms with van der Waals surface area (Å²) in [5, 5.41) is 23.0. The molecule has 1 saturated heterocycles. The van der Waals surface area contributed by atoms with Crippen LogP contribution in [0.3, 0.4) is 0 Å². The Hall–Kier alpha value is -1.34. The molecule has 1 fully saturated rings. The van der Waals surface area contributed by atoms with Crippen LogP contribution >= 0.6 is 0 Å². The summed E-state index contributed by atoms with van der Waals surface area (Å²) < 4.78 is 0. The smallest absolute Gasteiger partial charge is 0.328 e. The van der Waals surface area contributed by atoms with Crippen molar-refractivity contribution in [2.24, 2.45) is 5.92 Å². The Morgan fingerprint density at radius 2 is 1.95 bits per heavy atom. The average molecular weight is 287 g/mol. The second-order valence-electron chi connectivity index (χ2n) is 5.49. The van der Waals surface area contributed by atoms with Gasteiger partial charge < -0.3 is 25.7 Å². The van der Waals surface area contributed by atoms with E-state index in [0.29, 0.717) is 12.5 Å². The van der Waals surface area contributed by atoms with Gasteiger partial charge in [0.1, 0.15) is 0 Å². The van der Waals surface area contributed by atoms with Gasteiger partial charge in [0.25, 0.3) is 0 Å². The van der Waals surface area contributed by atoms with Crippen LogP contribution in [0.2, 0.25) is 0 Å². The average Bonchev–Trinajstić information content (AvgIpc) is 2.37. The molecule has 7 heteroatoms. The maximum absolute atomic E-state index is 11.6. The molecule has 0 aromatic heterocycles. The molecule has 0 aromatic carbocycles. The predicted octanol–water partition coefficient (Wildman–Crippen LogP) is -0.148. The number of hydrogen-bond donors (Lipinski definition) is 4. The molecule has 0 bridgehead atoms. The van der Waals surface area contributed by atoms with E-state index in [-0.39, 0.29) is 0 Å². The molecular formula is C13H25N3O4.